The number of nitrogens with one attached hydrogen (secondary N) is 1. The van der Waals surface area contributed by atoms with Crippen molar-refractivity contribution in [2.24, 2.45) is 5.18 Å². The summed E-state index contributed by atoms with van der Waals surface area (Å²) in [6.07, 6.45) is 3.05. The van der Waals surface area contributed by atoms with Crippen LogP contribution in [0, 0.1) is 4.91 Å². The third kappa shape index (κ3) is 1.73. The van der Waals surface area contributed by atoms with Crippen LogP contribution in [-0.4, -0.2) is 11.5 Å². The molecule has 0 saturated carbocycles. The highest BCUT2D eigenvalue weighted by Gasteiger charge is 1.98. The molecular weight excluding hydrogens is 142 g/mol. The summed E-state index contributed by atoms with van der Waals surface area (Å²) in [7, 11) is 0. The number of pyridine rings is 1. The summed E-state index contributed by atoms with van der Waals surface area (Å²) < 4.78 is 0. The predicted octanol–water partition coefficient (Wildman–Crippen LogP) is 1.91. The van der Waals surface area contributed by atoms with Crippen molar-refractivity contribution in [3.63, 3.8) is 0 Å². The van der Waals surface area contributed by atoms with Crippen LogP contribution in [-0.2, 0) is 0 Å². The molecule has 1 heterocycles. The van der Waals surface area contributed by atoms with Crippen molar-refractivity contribution in [3.05, 3.63) is 23.4 Å². The lowest BCUT2D eigenvalue weighted by Crippen LogP contribution is -1.96. The molecule has 0 aromatic carbocycles. The van der Waals surface area contributed by atoms with Gasteiger partial charge in [0.1, 0.15) is 5.69 Å². The lowest BCUT2D eigenvalue weighted by molar-refractivity contribution is 1.19. The summed E-state index contributed by atoms with van der Waals surface area (Å²) in [4.78, 5) is 13.9. The van der Waals surface area contributed by atoms with E-state index in [0.717, 1.165) is 12.2 Å². The van der Waals surface area contributed by atoms with Gasteiger partial charge in [-0.25, -0.2) is 0 Å². The summed E-state index contributed by atoms with van der Waals surface area (Å²) in [5.74, 6) is 0. The van der Waals surface area contributed by atoms with E-state index in [1.807, 2.05) is 6.92 Å². The van der Waals surface area contributed by atoms with Crippen LogP contribution in [0.15, 0.2) is 23.6 Å². The van der Waals surface area contributed by atoms with E-state index in [9.17, 15) is 4.91 Å². The van der Waals surface area contributed by atoms with E-state index >= 15 is 0 Å². The van der Waals surface area contributed by atoms with E-state index in [1.165, 1.54) is 6.20 Å². The zero-order valence-corrected chi connectivity index (χ0v) is 6.24. The maximum absolute atomic E-state index is 10.2. The molecule has 1 N–H and O–H groups in total. The van der Waals surface area contributed by atoms with Crippen LogP contribution in [0.3, 0.4) is 0 Å². The van der Waals surface area contributed by atoms with Gasteiger partial charge < -0.3 is 5.32 Å². The zero-order chi connectivity index (χ0) is 8.10. The molecule has 0 aliphatic rings. The Balaban J connectivity index is 2.92. The largest absolute Gasteiger partial charge is 0.383 e. The van der Waals surface area contributed by atoms with Gasteiger partial charge in [0.25, 0.3) is 0 Å². The van der Waals surface area contributed by atoms with E-state index in [0.29, 0.717) is 5.69 Å². The molecule has 0 atom stereocenters. The van der Waals surface area contributed by atoms with Gasteiger partial charge in [0.05, 0.1) is 11.9 Å². The third-order valence-corrected chi connectivity index (χ3v) is 1.27. The Bertz CT molecular complexity index is 249. The van der Waals surface area contributed by atoms with Crippen LogP contribution in [0.1, 0.15) is 6.92 Å². The minimum atomic E-state index is 0.356. The molecule has 4 nitrogen and oxygen atoms in total. The van der Waals surface area contributed by atoms with E-state index in [2.05, 4.69) is 15.5 Å². The van der Waals surface area contributed by atoms with Crippen LogP contribution in [0.4, 0.5) is 11.4 Å². The highest BCUT2D eigenvalue weighted by atomic mass is 16.3. The van der Waals surface area contributed by atoms with Crippen LogP contribution < -0.4 is 5.32 Å². The second-order valence-corrected chi connectivity index (χ2v) is 2.01. The fourth-order valence-corrected chi connectivity index (χ4v) is 0.799. The quantitative estimate of drug-likeness (QED) is 0.671. The predicted molar refractivity (Wildman–Crippen MR) is 43.9 cm³/mol. The van der Waals surface area contributed by atoms with Gasteiger partial charge >= 0.3 is 0 Å². The highest BCUT2D eigenvalue weighted by molar-refractivity contribution is 5.63. The van der Waals surface area contributed by atoms with Gasteiger partial charge in [-0.15, -0.1) is 4.91 Å². The second-order valence-electron chi connectivity index (χ2n) is 2.01. The standard InChI is InChI=1S/C7H9N3O/c1-2-9-6-3-4-8-5-7(6)10-11/h3-5H,2H2,1H3,(H,8,9). The normalized spacial score (nSPS) is 9.18. The topological polar surface area (TPSA) is 54.4 Å². The van der Waals surface area contributed by atoms with Crippen molar-refractivity contribution in [2.75, 3.05) is 11.9 Å². The molecule has 0 radical (unpaired) electrons. The van der Waals surface area contributed by atoms with E-state index in [-0.39, 0.29) is 0 Å². The Hall–Kier alpha value is -1.45. The Morgan fingerprint density at radius 2 is 2.55 bits per heavy atom. The number of hydrogen-bond donors (Lipinski definition) is 1. The molecule has 58 valence electrons. The van der Waals surface area contributed by atoms with Gasteiger partial charge in [0, 0.05) is 12.7 Å². The van der Waals surface area contributed by atoms with Crippen LogP contribution in [0.5, 0.6) is 0 Å². The SMILES string of the molecule is CCNc1ccncc1N=O. The molecule has 0 aliphatic heterocycles. The zero-order valence-electron chi connectivity index (χ0n) is 6.24. The molecule has 0 aliphatic carbocycles. The number of nitroso groups, excluding NO2 is 1. The second kappa shape index (κ2) is 3.65. The number of hydrogen-bond acceptors (Lipinski definition) is 4. The van der Waals surface area contributed by atoms with Gasteiger partial charge in [-0.3, -0.25) is 4.98 Å². The fraction of sp³-hybridized carbons (Fsp3) is 0.286. The molecule has 0 spiro atoms. The van der Waals surface area contributed by atoms with Crippen molar-refractivity contribution in [1.82, 2.24) is 4.98 Å². The summed E-state index contributed by atoms with van der Waals surface area (Å²) in [6, 6.07) is 1.72. The minimum absolute atomic E-state index is 0.356. The number of rotatable bonds is 3. The average Bonchev–Trinajstić information content (AvgIpc) is 2.06. The first-order chi connectivity index (χ1) is 5.38. The van der Waals surface area contributed by atoms with Crippen LogP contribution in [0.2, 0.25) is 0 Å². The third-order valence-electron chi connectivity index (χ3n) is 1.27. The summed E-state index contributed by atoms with van der Waals surface area (Å²) >= 11 is 0. The van der Waals surface area contributed by atoms with Crippen LogP contribution >= 0.6 is 0 Å². The fourth-order valence-electron chi connectivity index (χ4n) is 0.799. The lowest BCUT2D eigenvalue weighted by atomic mass is 10.3. The molecule has 0 fully saturated rings. The number of nitrogens with zero attached hydrogens (tertiary/aromatic N) is 2. The summed E-state index contributed by atoms with van der Waals surface area (Å²) in [6.45, 7) is 2.72. The van der Waals surface area contributed by atoms with E-state index in [4.69, 9.17) is 0 Å². The van der Waals surface area contributed by atoms with Gasteiger partial charge in [-0.05, 0) is 18.2 Å². The molecule has 1 rings (SSSR count). The first-order valence-corrected chi connectivity index (χ1v) is 3.39. The maximum Gasteiger partial charge on any atom is 0.149 e. The van der Waals surface area contributed by atoms with Crippen molar-refractivity contribution in [3.8, 4) is 0 Å². The van der Waals surface area contributed by atoms with E-state index in [1.54, 1.807) is 12.3 Å². The van der Waals surface area contributed by atoms with Gasteiger partial charge in [-0.2, -0.15) is 0 Å². The number of anilines is 1. The van der Waals surface area contributed by atoms with Crippen molar-refractivity contribution in [1.29, 1.82) is 0 Å². The molecule has 0 unspecified atom stereocenters. The minimum Gasteiger partial charge on any atom is -0.383 e. The van der Waals surface area contributed by atoms with Crippen molar-refractivity contribution >= 4 is 11.4 Å². The average molecular weight is 151 g/mol. The van der Waals surface area contributed by atoms with Crippen molar-refractivity contribution in [2.45, 2.75) is 6.92 Å². The molecule has 1 aromatic rings. The summed E-state index contributed by atoms with van der Waals surface area (Å²) in [5.41, 5.74) is 1.09. The smallest absolute Gasteiger partial charge is 0.149 e. The first kappa shape index (κ1) is 7.65. The van der Waals surface area contributed by atoms with E-state index < -0.39 is 0 Å². The van der Waals surface area contributed by atoms with Gasteiger partial charge in [0.15, 0.2) is 0 Å². The van der Waals surface area contributed by atoms with Gasteiger partial charge in [-0.1, -0.05) is 0 Å². The Morgan fingerprint density at radius 1 is 1.73 bits per heavy atom. The Kier molecular flexibility index (Phi) is 2.54. The first-order valence-electron chi connectivity index (χ1n) is 3.39. The lowest BCUT2D eigenvalue weighted by Gasteiger charge is -2.02. The van der Waals surface area contributed by atoms with Crippen LogP contribution in [0.25, 0.3) is 0 Å². The molecule has 0 saturated heterocycles. The van der Waals surface area contributed by atoms with Crippen molar-refractivity contribution < 1.29 is 0 Å². The molecule has 0 bridgehead atoms. The Morgan fingerprint density at radius 3 is 3.18 bits per heavy atom. The summed E-state index contributed by atoms with van der Waals surface area (Å²) in [5, 5.41) is 5.81. The Labute approximate surface area is 64.6 Å². The monoisotopic (exact) mass is 151 g/mol. The van der Waals surface area contributed by atoms with Gasteiger partial charge in [0.2, 0.25) is 0 Å². The molecule has 11 heavy (non-hydrogen) atoms. The molecule has 0 amide bonds. The number of aromatic nitrogens is 1. The highest BCUT2D eigenvalue weighted by Crippen LogP contribution is 2.21. The molecule has 4 heteroatoms. The molecular formula is C7H9N3O. The molecule has 1 aromatic heterocycles. The maximum atomic E-state index is 10.2.